The topological polar surface area (TPSA) is 80.4 Å². The number of carboxylic acids is 1. The number of aryl methyl sites for hydroxylation is 1. The van der Waals surface area contributed by atoms with Gasteiger partial charge in [0.15, 0.2) is 5.76 Å². The number of carboxylic acid groups (broad SMARTS) is 1. The van der Waals surface area contributed by atoms with Crippen LogP contribution in [-0.4, -0.2) is 21.8 Å². The van der Waals surface area contributed by atoms with Crippen molar-refractivity contribution in [3.63, 3.8) is 0 Å². The Hall–Kier alpha value is -2.95. The Morgan fingerprint density at radius 2 is 2.05 bits per heavy atom. The van der Waals surface area contributed by atoms with E-state index < -0.39 is 5.97 Å². The van der Waals surface area contributed by atoms with E-state index in [0.717, 1.165) is 5.56 Å². The number of ketones is 1. The van der Waals surface area contributed by atoms with E-state index in [9.17, 15) is 9.59 Å². The minimum absolute atomic E-state index is 0.0616. The first-order chi connectivity index (χ1) is 10.5. The van der Waals surface area contributed by atoms with Crippen LogP contribution in [0, 0.1) is 6.92 Å². The van der Waals surface area contributed by atoms with Gasteiger partial charge in [-0.05, 0) is 42.3 Å². The molecule has 3 rings (SSSR count). The standard InChI is InChI=1S/C17H13NO4/c1-10-9-18-5-4-13(10)17(21)15-8-12-6-11(7-16(19)20)2-3-14(12)22-15/h2-6,8-9H,7H2,1H3,(H,19,20). The number of aliphatic carboxylic acids is 1. The van der Waals surface area contributed by atoms with Crippen molar-refractivity contribution in [2.45, 2.75) is 13.3 Å². The number of furan rings is 1. The van der Waals surface area contributed by atoms with Gasteiger partial charge in [-0.1, -0.05) is 6.07 Å². The number of carbonyl (C=O) groups is 2. The van der Waals surface area contributed by atoms with Gasteiger partial charge in [0.2, 0.25) is 5.78 Å². The largest absolute Gasteiger partial charge is 0.481 e. The third-order valence-electron chi connectivity index (χ3n) is 3.42. The molecule has 0 saturated heterocycles. The van der Waals surface area contributed by atoms with Gasteiger partial charge in [0, 0.05) is 23.3 Å². The molecule has 0 amide bonds. The van der Waals surface area contributed by atoms with Gasteiger partial charge < -0.3 is 9.52 Å². The minimum Gasteiger partial charge on any atom is -0.481 e. The zero-order chi connectivity index (χ0) is 15.7. The molecule has 0 fully saturated rings. The van der Waals surface area contributed by atoms with Crippen LogP contribution < -0.4 is 0 Å². The van der Waals surface area contributed by atoms with E-state index in [1.54, 1.807) is 42.7 Å². The molecule has 0 aliphatic rings. The number of pyridine rings is 1. The number of hydrogen-bond donors (Lipinski definition) is 1. The van der Waals surface area contributed by atoms with Crippen molar-refractivity contribution in [1.82, 2.24) is 4.98 Å². The highest BCUT2D eigenvalue weighted by atomic mass is 16.4. The molecule has 2 aromatic heterocycles. The van der Waals surface area contributed by atoms with E-state index in [2.05, 4.69) is 4.98 Å². The second kappa shape index (κ2) is 5.44. The summed E-state index contributed by atoms with van der Waals surface area (Å²) in [6.45, 7) is 1.81. The maximum Gasteiger partial charge on any atom is 0.307 e. The monoisotopic (exact) mass is 295 g/mol. The fraction of sp³-hybridized carbons (Fsp3) is 0.118. The summed E-state index contributed by atoms with van der Waals surface area (Å²) >= 11 is 0. The first-order valence-corrected chi connectivity index (χ1v) is 6.74. The summed E-state index contributed by atoms with van der Waals surface area (Å²) in [5, 5.41) is 9.54. The highest BCUT2D eigenvalue weighted by Crippen LogP contribution is 2.23. The summed E-state index contributed by atoms with van der Waals surface area (Å²) in [6, 6.07) is 8.39. The van der Waals surface area contributed by atoms with Crippen molar-refractivity contribution in [3.8, 4) is 0 Å². The number of hydrogen-bond acceptors (Lipinski definition) is 4. The molecule has 3 aromatic rings. The molecule has 0 radical (unpaired) electrons. The van der Waals surface area contributed by atoms with Gasteiger partial charge in [-0.15, -0.1) is 0 Å². The number of aromatic nitrogens is 1. The molecule has 2 heterocycles. The van der Waals surface area contributed by atoms with Gasteiger partial charge in [0.1, 0.15) is 5.58 Å². The molecule has 22 heavy (non-hydrogen) atoms. The summed E-state index contributed by atoms with van der Waals surface area (Å²) in [5.41, 5.74) is 2.54. The van der Waals surface area contributed by atoms with E-state index in [1.165, 1.54) is 0 Å². The molecule has 5 heteroatoms. The van der Waals surface area contributed by atoms with E-state index in [0.29, 0.717) is 22.1 Å². The van der Waals surface area contributed by atoms with Crippen LogP contribution in [0.5, 0.6) is 0 Å². The first-order valence-electron chi connectivity index (χ1n) is 6.74. The molecule has 110 valence electrons. The Balaban J connectivity index is 2.00. The van der Waals surface area contributed by atoms with E-state index in [4.69, 9.17) is 9.52 Å². The maximum absolute atomic E-state index is 12.5. The average molecular weight is 295 g/mol. The molecule has 0 aliphatic carbocycles. The molecule has 5 nitrogen and oxygen atoms in total. The highest BCUT2D eigenvalue weighted by molar-refractivity contribution is 6.09. The lowest BCUT2D eigenvalue weighted by molar-refractivity contribution is -0.136. The van der Waals surface area contributed by atoms with Crippen LogP contribution in [0.1, 0.15) is 27.2 Å². The molecule has 0 atom stereocenters. The zero-order valence-electron chi connectivity index (χ0n) is 11.9. The second-order valence-electron chi connectivity index (χ2n) is 5.07. The van der Waals surface area contributed by atoms with Crippen LogP contribution in [0.3, 0.4) is 0 Å². The highest BCUT2D eigenvalue weighted by Gasteiger charge is 2.16. The Morgan fingerprint density at radius 1 is 1.23 bits per heavy atom. The van der Waals surface area contributed by atoms with E-state index >= 15 is 0 Å². The summed E-state index contributed by atoms with van der Waals surface area (Å²) in [6.07, 6.45) is 3.13. The average Bonchev–Trinajstić information content (AvgIpc) is 2.89. The van der Waals surface area contributed by atoms with Crippen molar-refractivity contribution in [1.29, 1.82) is 0 Å². The lowest BCUT2D eigenvalue weighted by Crippen LogP contribution is -2.02. The predicted octanol–water partition coefficient (Wildman–Crippen LogP) is 2.99. The minimum atomic E-state index is -0.897. The number of benzene rings is 1. The van der Waals surface area contributed by atoms with Crippen LogP contribution in [-0.2, 0) is 11.2 Å². The van der Waals surface area contributed by atoms with Crippen LogP contribution >= 0.6 is 0 Å². The number of rotatable bonds is 4. The van der Waals surface area contributed by atoms with Crippen molar-refractivity contribution >= 4 is 22.7 Å². The predicted molar refractivity (Wildman–Crippen MR) is 80.0 cm³/mol. The molecule has 0 spiro atoms. The van der Waals surface area contributed by atoms with E-state index in [1.807, 2.05) is 6.92 Å². The lowest BCUT2D eigenvalue weighted by atomic mass is 10.1. The van der Waals surface area contributed by atoms with Gasteiger partial charge in [0.25, 0.3) is 0 Å². The van der Waals surface area contributed by atoms with Crippen LogP contribution in [0.25, 0.3) is 11.0 Å². The van der Waals surface area contributed by atoms with Gasteiger partial charge in [-0.3, -0.25) is 14.6 Å². The number of carbonyl (C=O) groups excluding carboxylic acids is 1. The fourth-order valence-corrected chi connectivity index (χ4v) is 2.35. The smallest absolute Gasteiger partial charge is 0.307 e. The number of fused-ring (bicyclic) bond motifs is 1. The summed E-state index contributed by atoms with van der Waals surface area (Å²) in [4.78, 5) is 27.2. The molecule has 0 saturated carbocycles. The maximum atomic E-state index is 12.5. The SMILES string of the molecule is Cc1cnccc1C(=O)c1cc2cc(CC(=O)O)ccc2o1. The molecular formula is C17H13NO4. The third-order valence-corrected chi connectivity index (χ3v) is 3.42. The van der Waals surface area contributed by atoms with Crippen LogP contribution in [0.4, 0.5) is 0 Å². The first kappa shape index (κ1) is 14.0. The number of nitrogens with zero attached hydrogens (tertiary/aromatic N) is 1. The van der Waals surface area contributed by atoms with Crippen LogP contribution in [0.2, 0.25) is 0 Å². The van der Waals surface area contributed by atoms with Crippen LogP contribution in [0.15, 0.2) is 47.1 Å². The summed E-state index contributed by atoms with van der Waals surface area (Å²) in [5.74, 6) is -0.876. The molecule has 0 unspecified atom stereocenters. The Morgan fingerprint density at radius 3 is 2.77 bits per heavy atom. The summed E-state index contributed by atoms with van der Waals surface area (Å²) in [7, 11) is 0. The summed E-state index contributed by atoms with van der Waals surface area (Å²) < 4.78 is 5.58. The van der Waals surface area contributed by atoms with Gasteiger partial charge >= 0.3 is 5.97 Å². The van der Waals surface area contributed by atoms with Crippen molar-refractivity contribution in [2.24, 2.45) is 0 Å². The second-order valence-corrected chi connectivity index (χ2v) is 5.07. The van der Waals surface area contributed by atoms with Crippen molar-refractivity contribution < 1.29 is 19.1 Å². The fourth-order valence-electron chi connectivity index (χ4n) is 2.35. The molecular weight excluding hydrogens is 282 g/mol. The quantitative estimate of drug-likeness (QED) is 0.748. The Labute approximate surface area is 126 Å². The third kappa shape index (κ3) is 2.61. The lowest BCUT2D eigenvalue weighted by Gasteiger charge is -2.00. The van der Waals surface area contributed by atoms with Gasteiger partial charge in [-0.25, -0.2) is 0 Å². The zero-order valence-corrected chi connectivity index (χ0v) is 11.9. The molecule has 0 bridgehead atoms. The molecule has 1 N–H and O–H groups in total. The Bertz CT molecular complexity index is 879. The molecule has 0 aliphatic heterocycles. The Kier molecular flexibility index (Phi) is 3.47. The van der Waals surface area contributed by atoms with Crippen molar-refractivity contribution in [3.05, 3.63) is 65.2 Å². The van der Waals surface area contributed by atoms with Gasteiger partial charge in [0.05, 0.1) is 6.42 Å². The molecule has 1 aromatic carbocycles. The normalized spacial score (nSPS) is 10.8. The van der Waals surface area contributed by atoms with Crippen molar-refractivity contribution in [2.75, 3.05) is 0 Å². The van der Waals surface area contributed by atoms with E-state index in [-0.39, 0.29) is 18.0 Å². The van der Waals surface area contributed by atoms with Gasteiger partial charge in [-0.2, -0.15) is 0 Å².